The van der Waals surface area contributed by atoms with Crippen LogP contribution in [0.2, 0.25) is 0 Å². The molecule has 0 aliphatic carbocycles. The van der Waals surface area contributed by atoms with Gasteiger partial charge in [-0.25, -0.2) is 4.39 Å². The first-order valence-electron chi connectivity index (χ1n) is 12.2. The molecule has 38 heavy (non-hydrogen) atoms. The molecule has 2 aliphatic heterocycles. The van der Waals surface area contributed by atoms with Gasteiger partial charge in [-0.05, 0) is 12.0 Å². The van der Waals surface area contributed by atoms with Gasteiger partial charge in [0.2, 0.25) is 6.41 Å². The summed E-state index contributed by atoms with van der Waals surface area (Å²) in [6.45, 7) is 0.469. The van der Waals surface area contributed by atoms with Crippen LogP contribution in [0.4, 0.5) is 14.6 Å². The van der Waals surface area contributed by atoms with Crippen molar-refractivity contribution in [3.05, 3.63) is 71.3 Å². The molecule has 1 saturated heterocycles. The Morgan fingerprint density at radius 2 is 2.16 bits per heavy atom. The third-order valence-electron chi connectivity index (χ3n) is 7.17. The number of alkyl halides is 1. The third-order valence-corrected chi connectivity index (χ3v) is 7.17. The van der Waals surface area contributed by atoms with Crippen molar-refractivity contribution in [2.24, 2.45) is 5.73 Å². The second-order valence-corrected chi connectivity index (χ2v) is 9.47. The number of halogens is 2. The number of anilines is 1. The normalized spacial score (nSPS) is 24.8. The van der Waals surface area contributed by atoms with Crippen LogP contribution in [0.25, 0.3) is 0 Å². The number of piperidine rings is 1. The molecule has 3 heterocycles. The van der Waals surface area contributed by atoms with Crippen LogP contribution in [0, 0.1) is 11.3 Å². The summed E-state index contributed by atoms with van der Waals surface area (Å²) in [6.07, 6.45) is 1.85. The zero-order chi connectivity index (χ0) is 27.4. The Bertz CT molecular complexity index is 1260. The van der Waals surface area contributed by atoms with Crippen LogP contribution in [0.15, 0.2) is 60.2 Å². The minimum Gasteiger partial charge on any atom is -0.365 e. The average molecular weight is 528 g/mol. The van der Waals surface area contributed by atoms with E-state index in [0.29, 0.717) is 12.1 Å². The lowest BCUT2D eigenvalue weighted by molar-refractivity contribution is -0.0514. The molecule has 1 fully saturated rings. The van der Waals surface area contributed by atoms with Crippen molar-refractivity contribution in [1.29, 1.82) is 5.26 Å². The summed E-state index contributed by atoms with van der Waals surface area (Å²) in [6, 6.07) is 11.4. The van der Waals surface area contributed by atoms with Gasteiger partial charge in [0.25, 0.3) is 5.91 Å². The lowest BCUT2D eigenvalue weighted by Gasteiger charge is -2.43. The van der Waals surface area contributed by atoms with Gasteiger partial charge in [0.1, 0.15) is 17.3 Å². The molecule has 202 valence electrons. The van der Waals surface area contributed by atoms with E-state index in [1.807, 2.05) is 42.5 Å². The summed E-state index contributed by atoms with van der Waals surface area (Å²) in [4.78, 5) is 15.3. The molecule has 0 radical (unpaired) electrons. The van der Waals surface area contributed by atoms with Crippen LogP contribution in [0.5, 0.6) is 0 Å². The number of primary amides is 1. The number of ether oxygens (including phenoxy) is 1. The molecule has 1 aromatic carbocycles. The number of nitriles is 1. The van der Waals surface area contributed by atoms with Crippen molar-refractivity contribution in [3.63, 3.8) is 0 Å². The smallest absolute Gasteiger partial charge is 0.254 e. The third kappa shape index (κ3) is 5.26. The van der Waals surface area contributed by atoms with E-state index in [2.05, 4.69) is 10.4 Å². The zero-order valence-corrected chi connectivity index (χ0v) is 21.2. The average Bonchev–Trinajstić information content (AvgIpc) is 3.33. The van der Waals surface area contributed by atoms with Crippen molar-refractivity contribution in [3.8, 4) is 6.07 Å². The largest absolute Gasteiger partial charge is 0.365 e. The molecule has 4 rings (SSSR count). The minimum atomic E-state index is -1.57. The Morgan fingerprint density at radius 1 is 1.42 bits per heavy atom. The number of hydrogen-bond acceptors (Lipinski definition) is 8. The maximum Gasteiger partial charge on any atom is 0.254 e. The van der Waals surface area contributed by atoms with Crippen LogP contribution >= 0.6 is 0 Å². The molecule has 1 aromatic heterocycles. The van der Waals surface area contributed by atoms with Gasteiger partial charge in [-0.3, -0.25) is 14.4 Å². The molecule has 10 nitrogen and oxygen atoms in total. The van der Waals surface area contributed by atoms with Gasteiger partial charge < -0.3 is 25.8 Å². The van der Waals surface area contributed by atoms with Crippen molar-refractivity contribution in [2.75, 3.05) is 39.1 Å². The molecule has 2 aromatic rings. The summed E-state index contributed by atoms with van der Waals surface area (Å²) in [7, 11) is 2.92. The van der Waals surface area contributed by atoms with Crippen molar-refractivity contribution < 1.29 is 23.4 Å². The summed E-state index contributed by atoms with van der Waals surface area (Å²) in [5.41, 5.74) is 5.40. The van der Waals surface area contributed by atoms with E-state index in [1.54, 1.807) is 22.9 Å². The first kappa shape index (κ1) is 27.3. The van der Waals surface area contributed by atoms with Crippen LogP contribution in [-0.2, 0) is 10.3 Å². The molecule has 1 amide bonds. The number of carbonyl (C=O) groups is 1. The van der Waals surface area contributed by atoms with Gasteiger partial charge in [-0.1, -0.05) is 42.5 Å². The Balaban J connectivity index is 1.52. The highest BCUT2D eigenvalue weighted by molar-refractivity contribution is 5.97. The van der Waals surface area contributed by atoms with Gasteiger partial charge in [0, 0.05) is 45.6 Å². The van der Waals surface area contributed by atoms with Crippen LogP contribution < -0.4 is 11.1 Å². The minimum absolute atomic E-state index is 0.0760. The number of benzene rings is 1. The van der Waals surface area contributed by atoms with Crippen molar-refractivity contribution >= 4 is 11.7 Å². The standard InChI is InChI=1S/C26H31F2N7O3/c1-33-20(17-6-4-3-5-7-17)9-8-18(22(33)28)14-34-13-11-26(10-12-29,21(27)16-34)35-15-19(23(30)36)24(32-35)31-25(37)38-2/h3-9,15,20-21,25,37H,10-11,13-14,16H2,1-2H3,(H2,30,36)(H,31,32). The number of carbonyl (C=O) groups excluding carboxylic acids is 1. The fourth-order valence-corrected chi connectivity index (χ4v) is 4.98. The molecule has 4 atom stereocenters. The van der Waals surface area contributed by atoms with Gasteiger partial charge in [-0.15, -0.1) is 0 Å². The number of hydrogen-bond donors (Lipinski definition) is 3. The fraction of sp³-hybridized carbons (Fsp3) is 0.423. The van der Waals surface area contributed by atoms with E-state index in [0.717, 1.165) is 5.56 Å². The number of nitrogens with zero attached hydrogens (tertiary/aromatic N) is 5. The van der Waals surface area contributed by atoms with Crippen LogP contribution in [-0.4, -0.2) is 77.0 Å². The van der Waals surface area contributed by atoms with Gasteiger partial charge >= 0.3 is 0 Å². The van der Waals surface area contributed by atoms with Crippen LogP contribution in [0.3, 0.4) is 0 Å². The van der Waals surface area contributed by atoms with E-state index < -0.39 is 24.0 Å². The molecule has 0 spiro atoms. The Kier molecular flexibility index (Phi) is 8.11. The lowest BCUT2D eigenvalue weighted by Crippen LogP contribution is -2.55. The first-order valence-corrected chi connectivity index (χ1v) is 12.2. The molecular formula is C26H31F2N7O3. The lowest BCUT2D eigenvalue weighted by atomic mass is 9.83. The number of aromatic nitrogens is 2. The monoisotopic (exact) mass is 527 g/mol. The number of amides is 1. The number of likely N-dealkylation sites (tertiary alicyclic amines) is 1. The number of likely N-dealkylation sites (N-methyl/N-ethyl adjacent to an activating group) is 1. The van der Waals surface area contributed by atoms with Gasteiger partial charge in [0.05, 0.1) is 18.5 Å². The number of aliphatic hydroxyl groups excluding tert-OH is 1. The topological polar surface area (TPSA) is 133 Å². The quantitative estimate of drug-likeness (QED) is 0.335. The van der Waals surface area contributed by atoms with E-state index in [4.69, 9.17) is 10.5 Å². The van der Waals surface area contributed by atoms with Crippen molar-refractivity contribution in [1.82, 2.24) is 19.6 Å². The maximum absolute atomic E-state index is 15.9. The highest BCUT2D eigenvalue weighted by Gasteiger charge is 2.47. The van der Waals surface area contributed by atoms with E-state index in [-0.39, 0.29) is 49.3 Å². The SMILES string of the molecule is COC(O)Nc1nn(C2(CC#N)CCN(CC3=C(F)N(C)C(c4ccccc4)C=C3)CC2F)cc1C(N)=O. The van der Waals surface area contributed by atoms with Gasteiger partial charge in [0.15, 0.2) is 11.8 Å². The predicted octanol–water partition coefficient (Wildman–Crippen LogP) is 2.39. The second kappa shape index (κ2) is 11.3. The van der Waals surface area contributed by atoms with Crippen molar-refractivity contribution in [2.45, 2.75) is 37.0 Å². The van der Waals surface area contributed by atoms with E-state index >= 15 is 8.78 Å². The molecule has 0 saturated carbocycles. The summed E-state index contributed by atoms with van der Waals surface area (Å²) in [5.74, 6) is -1.31. The van der Waals surface area contributed by atoms with E-state index in [1.165, 1.54) is 18.0 Å². The summed E-state index contributed by atoms with van der Waals surface area (Å²) in [5, 5.41) is 26.0. The molecule has 2 aliphatic rings. The number of aliphatic hydroxyl groups is 1. The number of nitrogens with one attached hydrogen (secondary N) is 1. The predicted molar refractivity (Wildman–Crippen MR) is 136 cm³/mol. The number of rotatable bonds is 9. The highest BCUT2D eigenvalue weighted by Crippen LogP contribution is 2.38. The molecule has 12 heteroatoms. The zero-order valence-electron chi connectivity index (χ0n) is 21.2. The number of nitrogens with two attached hydrogens (primary N) is 1. The molecule has 0 bridgehead atoms. The van der Waals surface area contributed by atoms with Gasteiger partial charge in [-0.2, -0.15) is 14.8 Å². The fourth-order valence-electron chi connectivity index (χ4n) is 4.98. The van der Waals surface area contributed by atoms with Crippen LogP contribution in [0.1, 0.15) is 34.8 Å². The Morgan fingerprint density at radius 3 is 2.79 bits per heavy atom. The number of methoxy groups -OCH3 is 1. The molecule has 4 unspecified atom stereocenters. The van der Waals surface area contributed by atoms with E-state index in [9.17, 15) is 15.2 Å². The molecule has 4 N–H and O–H groups in total. The summed E-state index contributed by atoms with van der Waals surface area (Å²) < 4.78 is 37.2. The molecular weight excluding hydrogens is 496 g/mol. The first-order chi connectivity index (χ1) is 18.2. The Hall–Kier alpha value is -3.79. The highest BCUT2D eigenvalue weighted by atomic mass is 19.1. The maximum atomic E-state index is 15.9. The second-order valence-electron chi connectivity index (χ2n) is 9.47. The summed E-state index contributed by atoms with van der Waals surface area (Å²) >= 11 is 0. The Labute approximate surface area is 219 Å².